The van der Waals surface area contributed by atoms with Crippen molar-refractivity contribution in [2.45, 2.75) is 21.1 Å². The van der Waals surface area contributed by atoms with Crippen LogP contribution >= 0.6 is 27.7 Å². The molecule has 0 spiro atoms. The van der Waals surface area contributed by atoms with Crippen molar-refractivity contribution in [3.8, 4) is 0 Å². The maximum absolute atomic E-state index is 13.0. The molecule has 0 aliphatic rings. The Kier molecular flexibility index (Phi) is 7.10. The average molecular weight is 548 g/mol. The number of benzene rings is 2. The van der Waals surface area contributed by atoms with Gasteiger partial charge in [0.2, 0.25) is 15.7 Å². The number of para-hydroxylation sites is 1. The number of nitrogens with zero attached hydrogens (tertiary/aromatic N) is 1. The summed E-state index contributed by atoms with van der Waals surface area (Å²) in [7, 11) is -4.12. The lowest BCUT2D eigenvalue weighted by molar-refractivity contribution is -0.137. The number of aromatic amines is 1. The van der Waals surface area contributed by atoms with Crippen LogP contribution in [0.4, 0.5) is 18.9 Å². The highest BCUT2D eigenvalue weighted by atomic mass is 79.9. The number of carbonyl (C=O) groups is 1. The van der Waals surface area contributed by atoms with Gasteiger partial charge < -0.3 is 10.3 Å². The minimum absolute atomic E-state index is 0.0657. The maximum Gasteiger partial charge on any atom is 0.418 e. The van der Waals surface area contributed by atoms with Gasteiger partial charge in [-0.1, -0.05) is 39.8 Å². The molecule has 168 valence electrons. The lowest BCUT2D eigenvalue weighted by Crippen LogP contribution is -2.20. The second-order valence-electron chi connectivity index (χ2n) is 6.22. The molecule has 3 aromatic rings. The van der Waals surface area contributed by atoms with Gasteiger partial charge >= 0.3 is 6.18 Å². The smallest absolute Gasteiger partial charge is 0.325 e. The van der Waals surface area contributed by atoms with Crippen molar-refractivity contribution >= 4 is 49.1 Å². The zero-order valence-electron chi connectivity index (χ0n) is 15.8. The number of thioether (sulfide) groups is 1. The third kappa shape index (κ3) is 5.58. The van der Waals surface area contributed by atoms with Crippen LogP contribution in [0.5, 0.6) is 0 Å². The Morgan fingerprint density at radius 3 is 2.41 bits per heavy atom. The van der Waals surface area contributed by atoms with Gasteiger partial charge in [0.05, 0.1) is 28.1 Å². The van der Waals surface area contributed by atoms with E-state index in [0.29, 0.717) is 4.47 Å². The summed E-state index contributed by atoms with van der Waals surface area (Å²) in [6.45, 7) is 0. The fourth-order valence-corrected chi connectivity index (χ4v) is 4.66. The molecule has 7 nitrogen and oxygen atoms in total. The zero-order valence-corrected chi connectivity index (χ0v) is 19.0. The summed E-state index contributed by atoms with van der Waals surface area (Å²) in [5, 5.41) is 2.10. The molecule has 1 heterocycles. The van der Waals surface area contributed by atoms with Gasteiger partial charge in [-0.05, 0) is 36.4 Å². The van der Waals surface area contributed by atoms with Gasteiger partial charge in [0.1, 0.15) is 0 Å². The minimum Gasteiger partial charge on any atom is -0.325 e. The highest BCUT2D eigenvalue weighted by Gasteiger charge is 2.33. The number of hydrogen-bond acceptors (Lipinski definition) is 6. The standard InChI is InChI=1S/C19H13BrF3N3O4S2/c20-11-5-7-12(8-6-11)32(29,30)15-9-24-18(26-17(15)28)31-10-16(27)25-14-4-2-1-3-13(14)19(21,22)23/h1-9H,10H2,(H,25,27)(H,24,26,28). The minimum atomic E-state index is -4.64. The molecule has 32 heavy (non-hydrogen) atoms. The number of hydrogen-bond donors (Lipinski definition) is 2. The largest absolute Gasteiger partial charge is 0.418 e. The molecular formula is C19H13BrF3N3O4S2. The van der Waals surface area contributed by atoms with Crippen molar-refractivity contribution in [2.75, 3.05) is 11.1 Å². The third-order valence-corrected chi connectivity index (χ3v) is 7.18. The van der Waals surface area contributed by atoms with Gasteiger partial charge in [-0.15, -0.1) is 0 Å². The molecule has 0 saturated carbocycles. The van der Waals surface area contributed by atoms with Crippen LogP contribution in [-0.2, 0) is 20.8 Å². The Bertz CT molecular complexity index is 1310. The Morgan fingerprint density at radius 1 is 1.12 bits per heavy atom. The van der Waals surface area contributed by atoms with Gasteiger partial charge in [0.15, 0.2) is 10.1 Å². The van der Waals surface area contributed by atoms with Crippen LogP contribution < -0.4 is 10.9 Å². The summed E-state index contributed by atoms with van der Waals surface area (Å²) >= 11 is 3.92. The average Bonchev–Trinajstić information content (AvgIpc) is 2.72. The fraction of sp³-hybridized carbons (Fsp3) is 0.105. The van der Waals surface area contributed by atoms with Crippen molar-refractivity contribution in [2.24, 2.45) is 0 Å². The summed E-state index contributed by atoms with van der Waals surface area (Å²) in [6, 6.07) is 10.2. The number of rotatable bonds is 6. The third-order valence-electron chi connectivity index (χ3n) is 4.00. The predicted octanol–water partition coefficient (Wildman–Crippen LogP) is 4.11. The SMILES string of the molecule is O=C(CSc1ncc(S(=O)(=O)c2ccc(Br)cc2)c(=O)[nH]1)Nc1ccccc1C(F)(F)F. The Balaban J connectivity index is 1.71. The van der Waals surface area contributed by atoms with Crippen molar-refractivity contribution in [1.82, 2.24) is 9.97 Å². The molecule has 0 atom stereocenters. The van der Waals surface area contributed by atoms with Crippen molar-refractivity contribution in [3.63, 3.8) is 0 Å². The monoisotopic (exact) mass is 547 g/mol. The van der Waals surface area contributed by atoms with Crippen molar-refractivity contribution in [3.05, 3.63) is 75.1 Å². The first-order chi connectivity index (χ1) is 15.0. The molecular weight excluding hydrogens is 535 g/mol. The number of H-pyrrole nitrogens is 1. The fourth-order valence-electron chi connectivity index (χ4n) is 2.53. The van der Waals surface area contributed by atoms with E-state index in [-0.39, 0.29) is 15.8 Å². The van der Waals surface area contributed by atoms with E-state index in [9.17, 15) is 31.2 Å². The molecule has 0 aliphatic heterocycles. The van der Waals surface area contributed by atoms with Crippen LogP contribution in [0.1, 0.15) is 5.56 Å². The summed E-state index contributed by atoms with van der Waals surface area (Å²) in [5.74, 6) is -1.13. The molecule has 1 aromatic heterocycles. The van der Waals surface area contributed by atoms with Crippen LogP contribution in [0, 0.1) is 0 Å². The Hall–Kier alpha value is -2.64. The quantitative estimate of drug-likeness (QED) is 0.355. The van der Waals surface area contributed by atoms with Gasteiger partial charge in [-0.2, -0.15) is 13.2 Å². The van der Waals surface area contributed by atoms with Crippen LogP contribution in [0.15, 0.2) is 78.9 Å². The molecule has 0 bridgehead atoms. The number of alkyl halides is 3. The van der Waals surface area contributed by atoms with Crippen LogP contribution in [0.3, 0.4) is 0 Å². The summed E-state index contributed by atoms with van der Waals surface area (Å²) < 4.78 is 64.9. The van der Waals surface area contributed by atoms with E-state index < -0.39 is 43.6 Å². The zero-order chi connectivity index (χ0) is 23.5. The van der Waals surface area contributed by atoms with Gasteiger partial charge in [0.25, 0.3) is 5.56 Å². The molecule has 0 saturated heterocycles. The number of carbonyl (C=O) groups excluding carboxylic acids is 1. The van der Waals surface area contributed by atoms with Gasteiger partial charge in [-0.3, -0.25) is 9.59 Å². The first kappa shape index (κ1) is 24.0. The molecule has 3 rings (SSSR count). The number of sulfone groups is 1. The molecule has 0 radical (unpaired) electrons. The number of aromatic nitrogens is 2. The molecule has 0 aliphatic carbocycles. The van der Waals surface area contributed by atoms with Gasteiger partial charge in [-0.25, -0.2) is 13.4 Å². The van der Waals surface area contributed by atoms with E-state index >= 15 is 0 Å². The molecule has 13 heteroatoms. The topological polar surface area (TPSA) is 109 Å². The number of nitrogens with one attached hydrogen (secondary N) is 2. The molecule has 0 unspecified atom stereocenters. The second kappa shape index (κ2) is 9.46. The first-order valence-electron chi connectivity index (χ1n) is 8.67. The molecule has 0 fully saturated rings. The van der Waals surface area contributed by atoms with Crippen molar-refractivity contribution in [1.29, 1.82) is 0 Å². The summed E-state index contributed by atoms with van der Waals surface area (Å²) in [5.41, 5.74) is -2.33. The summed E-state index contributed by atoms with van der Waals surface area (Å²) in [4.78, 5) is 29.8. The van der Waals surface area contributed by atoms with Gasteiger partial charge in [0, 0.05) is 4.47 Å². The van der Waals surface area contributed by atoms with E-state index in [1.165, 1.54) is 36.4 Å². The lowest BCUT2D eigenvalue weighted by atomic mass is 10.1. The molecule has 2 N–H and O–H groups in total. The van der Waals surface area contributed by atoms with E-state index in [1.807, 2.05) is 0 Å². The highest BCUT2D eigenvalue weighted by molar-refractivity contribution is 9.10. The molecule has 1 amide bonds. The summed E-state index contributed by atoms with van der Waals surface area (Å²) in [6.07, 6.45) is -3.77. The van der Waals surface area contributed by atoms with E-state index in [4.69, 9.17) is 0 Å². The van der Waals surface area contributed by atoms with E-state index in [1.54, 1.807) is 0 Å². The van der Waals surface area contributed by atoms with E-state index in [2.05, 4.69) is 31.2 Å². The number of halogens is 4. The molecule has 2 aromatic carbocycles. The number of anilines is 1. The van der Waals surface area contributed by atoms with Crippen LogP contribution in [0.2, 0.25) is 0 Å². The Morgan fingerprint density at radius 2 is 1.78 bits per heavy atom. The van der Waals surface area contributed by atoms with Crippen molar-refractivity contribution < 1.29 is 26.4 Å². The lowest BCUT2D eigenvalue weighted by Gasteiger charge is -2.13. The second-order valence-corrected chi connectivity index (χ2v) is 10.0. The van der Waals surface area contributed by atoms with E-state index in [0.717, 1.165) is 30.1 Å². The Labute approximate surface area is 192 Å². The predicted molar refractivity (Wildman–Crippen MR) is 115 cm³/mol. The normalized spacial score (nSPS) is 11.9. The van der Waals surface area contributed by atoms with Crippen LogP contribution in [-0.4, -0.2) is 30.0 Å². The number of amides is 1. The highest BCUT2D eigenvalue weighted by Crippen LogP contribution is 2.34. The maximum atomic E-state index is 13.0. The first-order valence-corrected chi connectivity index (χ1v) is 11.9. The van der Waals surface area contributed by atoms with Crippen LogP contribution in [0.25, 0.3) is 0 Å².